The van der Waals surface area contributed by atoms with Crippen molar-refractivity contribution in [2.24, 2.45) is 5.92 Å². The quantitative estimate of drug-likeness (QED) is 0.627. The molecule has 14 heavy (non-hydrogen) atoms. The molecule has 0 aromatic carbocycles. The molecule has 0 spiro atoms. The Bertz CT molecular complexity index is 184. The zero-order chi connectivity index (χ0) is 10.4. The van der Waals surface area contributed by atoms with Crippen LogP contribution in [0.25, 0.3) is 0 Å². The van der Waals surface area contributed by atoms with Crippen molar-refractivity contribution in [3.63, 3.8) is 0 Å². The van der Waals surface area contributed by atoms with E-state index in [9.17, 15) is 4.79 Å². The summed E-state index contributed by atoms with van der Waals surface area (Å²) in [7, 11) is 0. The van der Waals surface area contributed by atoms with Gasteiger partial charge in [-0.05, 0) is 13.3 Å². The molecule has 82 valence electrons. The number of carbonyl (C=O) groups excluding carboxylic acids is 1. The first-order valence-electron chi connectivity index (χ1n) is 5.24. The van der Waals surface area contributed by atoms with Crippen molar-refractivity contribution in [3.05, 3.63) is 0 Å². The molecule has 0 aromatic heterocycles. The standard InChI is InChI=1S/C10H19NO3/c1-2-14-5-3-4-11-7-9(8-12)6-10(11)13/h9,12H,2-8H2,1H3. The van der Waals surface area contributed by atoms with Gasteiger partial charge in [0.15, 0.2) is 0 Å². The van der Waals surface area contributed by atoms with Gasteiger partial charge in [-0.1, -0.05) is 0 Å². The molecule has 1 saturated heterocycles. The molecule has 0 bridgehead atoms. The summed E-state index contributed by atoms with van der Waals surface area (Å²) in [5, 5.41) is 8.91. The maximum atomic E-state index is 11.4. The largest absolute Gasteiger partial charge is 0.396 e. The summed E-state index contributed by atoms with van der Waals surface area (Å²) in [5.74, 6) is 0.315. The Balaban J connectivity index is 2.15. The van der Waals surface area contributed by atoms with Crippen LogP contribution in [0.15, 0.2) is 0 Å². The summed E-state index contributed by atoms with van der Waals surface area (Å²) in [6.07, 6.45) is 1.39. The Morgan fingerprint density at radius 2 is 2.43 bits per heavy atom. The van der Waals surface area contributed by atoms with Gasteiger partial charge in [0.05, 0.1) is 0 Å². The minimum atomic E-state index is 0.119. The van der Waals surface area contributed by atoms with E-state index in [0.29, 0.717) is 19.6 Å². The molecule has 1 unspecified atom stereocenters. The Morgan fingerprint density at radius 1 is 1.64 bits per heavy atom. The first-order chi connectivity index (χ1) is 6.77. The molecule has 0 aromatic rings. The van der Waals surface area contributed by atoms with E-state index in [-0.39, 0.29) is 18.4 Å². The van der Waals surface area contributed by atoms with Gasteiger partial charge < -0.3 is 14.7 Å². The van der Waals surface area contributed by atoms with Crippen LogP contribution in [0.4, 0.5) is 0 Å². The number of rotatable bonds is 6. The third kappa shape index (κ3) is 3.27. The fraction of sp³-hybridized carbons (Fsp3) is 0.900. The molecule has 1 atom stereocenters. The molecule has 1 rings (SSSR count). The van der Waals surface area contributed by atoms with Gasteiger partial charge in [0.25, 0.3) is 0 Å². The Kier molecular flexibility index (Phi) is 4.90. The van der Waals surface area contributed by atoms with Gasteiger partial charge in [0, 0.05) is 45.2 Å². The van der Waals surface area contributed by atoms with Gasteiger partial charge in [-0.2, -0.15) is 0 Å². The number of nitrogens with zero attached hydrogens (tertiary/aromatic N) is 1. The van der Waals surface area contributed by atoms with E-state index in [4.69, 9.17) is 9.84 Å². The number of ether oxygens (including phenoxy) is 1. The van der Waals surface area contributed by atoms with Gasteiger partial charge in [-0.25, -0.2) is 0 Å². The summed E-state index contributed by atoms with van der Waals surface area (Å²) < 4.78 is 5.19. The molecule has 0 radical (unpaired) electrons. The zero-order valence-corrected chi connectivity index (χ0v) is 8.74. The molecule has 0 aliphatic carbocycles. The van der Waals surface area contributed by atoms with Crippen LogP contribution in [-0.2, 0) is 9.53 Å². The molecule has 1 amide bonds. The van der Waals surface area contributed by atoms with Crippen LogP contribution in [0.2, 0.25) is 0 Å². The van der Waals surface area contributed by atoms with E-state index in [1.165, 1.54) is 0 Å². The molecule has 1 heterocycles. The summed E-state index contributed by atoms with van der Waals surface area (Å²) in [6, 6.07) is 0. The second-order valence-electron chi connectivity index (χ2n) is 3.64. The van der Waals surface area contributed by atoms with Crippen molar-refractivity contribution < 1.29 is 14.6 Å². The summed E-state index contributed by atoms with van der Waals surface area (Å²) in [6.45, 7) is 4.99. The minimum absolute atomic E-state index is 0.119. The first-order valence-corrected chi connectivity index (χ1v) is 5.24. The van der Waals surface area contributed by atoms with Crippen LogP contribution in [0.5, 0.6) is 0 Å². The average molecular weight is 201 g/mol. The number of carbonyl (C=O) groups is 1. The van der Waals surface area contributed by atoms with Crippen LogP contribution >= 0.6 is 0 Å². The van der Waals surface area contributed by atoms with Gasteiger partial charge in [0.2, 0.25) is 5.91 Å². The first kappa shape index (κ1) is 11.5. The van der Waals surface area contributed by atoms with Crippen LogP contribution in [0.1, 0.15) is 19.8 Å². The number of aliphatic hydroxyl groups is 1. The number of amides is 1. The van der Waals surface area contributed by atoms with Gasteiger partial charge in [0.1, 0.15) is 0 Å². The highest BCUT2D eigenvalue weighted by molar-refractivity contribution is 5.78. The third-order valence-electron chi connectivity index (χ3n) is 2.47. The topological polar surface area (TPSA) is 49.8 Å². The number of aliphatic hydroxyl groups excluding tert-OH is 1. The van der Waals surface area contributed by atoms with Crippen molar-refractivity contribution in [1.29, 1.82) is 0 Å². The van der Waals surface area contributed by atoms with E-state index < -0.39 is 0 Å². The molecule has 4 nitrogen and oxygen atoms in total. The second-order valence-corrected chi connectivity index (χ2v) is 3.64. The van der Waals surface area contributed by atoms with E-state index >= 15 is 0 Å². The van der Waals surface area contributed by atoms with Gasteiger partial charge >= 0.3 is 0 Å². The lowest BCUT2D eigenvalue weighted by molar-refractivity contribution is -0.127. The van der Waals surface area contributed by atoms with Crippen molar-refractivity contribution in [1.82, 2.24) is 4.90 Å². The van der Waals surface area contributed by atoms with Gasteiger partial charge in [-0.15, -0.1) is 0 Å². The lowest BCUT2D eigenvalue weighted by atomic mass is 10.1. The van der Waals surface area contributed by atoms with Crippen LogP contribution in [0.3, 0.4) is 0 Å². The highest BCUT2D eigenvalue weighted by atomic mass is 16.5. The number of likely N-dealkylation sites (tertiary alicyclic amines) is 1. The Labute approximate surface area is 84.8 Å². The highest BCUT2D eigenvalue weighted by Gasteiger charge is 2.28. The molecule has 1 fully saturated rings. The van der Waals surface area contributed by atoms with Crippen molar-refractivity contribution >= 4 is 5.91 Å². The molecule has 4 heteroatoms. The summed E-state index contributed by atoms with van der Waals surface area (Å²) in [4.78, 5) is 13.2. The fourth-order valence-corrected chi connectivity index (χ4v) is 1.69. The van der Waals surface area contributed by atoms with Crippen molar-refractivity contribution in [2.45, 2.75) is 19.8 Å². The maximum Gasteiger partial charge on any atom is 0.223 e. The average Bonchev–Trinajstić information content (AvgIpc) is 2.54. The monoisotopic (exact) mass is 201 g/mol. The van der Waals surface area contributed by atoms with Crippen LogP contribution < -0.4 is 0 Å². The van der Waals surface area contributed by atoms with E-state index in [1.54, 1.807) is 0 Å². The predicted octanol–water partition coefficient (Wildman–Crippen LogP) is 0.254. The van der Waals surface area contributed by atoms with Crippen LogP contribution in [0, 0.1) is 5.92 Å². The zero-order valence-electron chi connectivity index (χ0n) is 8.74. The molecule has 1 N–H and O–H groups in total. The summed E-state index contributed by atoms with van der Waals surface area (Å²) >= 11 is 0. The fourth-order valence-electron chi connectivity index (χ4n) is 1.69. The highest BCUT2D eigenvalue weighted by Crippen LogP contribution is 2.16. The SMILES string of the molecule is CCOCCCN1CC(CO)CC1=O. The number of hydrogen-bond acceptors (Lipinski definition) is 3. The predicted molar refractivity (Wildman–Crippen MR) is 52.9 cm³/mol. The second kappa shape index (κ2) is 5.98. The third-order valence-corrected chi connectivity index (χ3v) is 2.47. The van der Waals surface area contributed by atoms with Crippen LogP contribution in [-0.4, -0.2) is 48.8 Å². The Hall–Kier alpha value is -0.610. The van der Waals surface area contributed by atoms with E-state index in [0.717, 1.165) is 19.6 Å². The normalized spacial score (nSPS) is 22.0. The van der Waals surface area contributed by atoms with E-state index in [2.05, 4.69) is 0 Å². The molecular weight excluding hydrogens is 182 g/mol. The molecule has 1 aliphatic rings. The number of hydrogen-bond donors (Lipinski definition) is 1. The van der Waals surface area contributed by atoms with E-state index in [1.807, 2.05) is 11.8 Å². The lowest BCUT2D eigenvalue weighted by Crippen LogP contribution is -2.27. The maximum absolute atomic E-state index is 11.4. The molecular formula is C10H19NO3. The summed E-state index contributed by atoms with van der Waals surface area (Å²) in [5.41, 5.74) is 0. The molecule has 0 saturated carbocycles. The van der Waals surface area contributed by atoms with Crippen molar-refractivity contribution in [3.8, 4) is 0 Å². The smallest absolute Gasteiger partial charge is 0.223 e. The van der Waals surface area contributed by atoms with Gasteiger partial charge in [-0.3, -0.25) is 4.79 Å². The minimum Gasteiger partial charge on any atom is -0.396 e. The van der Waals surface area contributed by atoms with Crippen molar-refractivity contribution in [2.75, 3.05) is 32.9 Å². The Morgan fingerprint density at radius 3 is 3.00 bits per heavy atom. The molecule has 1 aliphatic heterocycles. The lowest BCUT2D eigenvalue weighted by Gasteiger charge is -2.15.